The molecule has 0 fully saturated rings. The van der Waals surface area contributed by atoms with Crippen LogP contribution in [0.2, 0.25) is 0 Å². The third-order valence-corrected chi connectivity index (χ3v) is 6.22. The minimum Gasteiger partial charge on any atom is -0.391 e. The second-order valence-electron chi connectivity index (χ2n) is 4.58. The lowest BCUT2D eigenvalue weighted by atomic mass is 10.1. The molecule has 0 saturated heterocycles. The zero-order valence-electron chi connectivity index (χ0n) is 11.0. The molecule has 0 unspecified atom stereocenters. The van der Waals surface area contributed by atoms with E-state index in [0.29, 0.717) is 10.8 Å². The lowest BCUT2D eigenvalue weighted by Gasteiger charge is -2.01. The number of hydrogen-bond donors (Lipinski definition) is 2. The Morgan fingerprint density at radius 2 is 2.05 bits per heavy atom. The molecule has 2 rings (SSSR count). The quantitative estimate of drug-likeness (QED) is 0.844. The molecule has 2 heterocycles. The van der Waals surface area contributed by atoms with Crippen molar-refractivity contribution >= 4 is 37.8 Å². The summed E-state index contributed by atoms with van der Waals surface area (Å²) in [6, 6.07) is 3.05. The molecule has 0 amide bonds. The first-order valence-electron chi connectivity index (χ1n) is 5.95. The van der Waals surface area contributed by atoms with Gasteiger partial charge in [-0.1, -0.05) is 25.2 Å². The number of aliphatic hydroxyl groups excluding tert-OH is 1. The Labute approximate surface area is 125 Å². The summed E-state index contributed by atoms with van der Waals surface area (Å²) < 4.78 is 26.8. The summed E-state index contributed by atoms with van der Waals surface area (Å²) in [5.74, 6) is 0.441. The smallest absolute Gasteiger partial charge is 0.273 e. The van der Waals surface area contributed by atoms with E-state index in [9.17, 15) is 8.42 Å². The minimum absolute atomic E-state index is 0.155. The molecule has 0 bridgehead atoms. The van der Waals surface area contributed by atoms with Crippen molar-refractivity contribution in [1.82, 2.24) is 10.2 Å². The summed E-state index contributed by atoms with van der Waals surface area (Å²) in [5, 5.41) is 17.8. The molecule has 20 heavy (non-hydrogen) atoms. The van der Waals surface area contributed by atoms with Crippen LogP contribution in [-0.4, -0.2) is 23.7 Å². The molecular weight excluding hydrogens is 318 g/mol. The molecule has 2 aromatic heterocycles. The van der Waals surface area contributed by atoms with Crippen LogP contribution in [0.15, 0.2) is 16.3 Å². The Hall–Kier alpha value is -1.03. The Kier molecular flexibility index (Phi) is 4.74. The summed E-state index contributed by atoms with van der Waals surface area (Å²) in [5.41, 5.74) is 0. The highest BCUT2D eigenvalue weighted by molar-refractivity contribution is 7.94. The van der Waals surface area contributed by atoms with Crippen LogP contribution < -0.4 is 4.72 Å². The van der Waals surface area contributed by atoms with Gasteiger partial charge < -0.3 is 5.11 Å². The highest BCUT2D eigenvalue weighted by Crippen LogP contribution is 2.26. The third-order valence-electron chi connectivity index (χ3n) is 2.33. The number of nitrogens with one attached hydrogen (secondary N) is 1. The predicted molar refractivity (Wildman–Crippen MR) is 79.5 cm³/mol. The molecule has 0 aliphatic heterocycles. The first kappa shape index (κ1) is 15.4. The standard InChI is InChI=1S/C11H15N3O3S3/c1-7(2)5-9-12-13-11(19-9)14-20(16,17)10-4-3-8(6-15)18-10/h3-4,7,15H,5-6H2,1-2H3,(H,13,14). The van der Waals surface area contributed by atoms with E-state index in [2.05, 4.69) is 28.8 Å². The molecule has 6 nitrogen and oxygen atoms in total. The summed E-state index contributed by atoms with van der Waals surface area (Å²) >= 11 is 2.27. The molecule has 0 aromatic carbocycles. The van der Waals surface area contributed by atoms with Crippen molar-refractivity contribution in [1.29, 1.82) is 0 Å². The molecule has 0 atom stereocenters. The molecule has 0 saturated carbocycles. The first-order chi connectivity index (χ1) is 9.40. The third kappa shape index (κ3) is 3.75. The van der Waals surface area contributed by atoms with Crippen LogP contribution in [0, 0.1) is 5.92 Å². The van der Waals surface area contributed by atoms with Gasteiger partial charge in [0.1, 0.15) is 9.22 Å². The fraction of sp³-hybridized carbons (Fsp3) is 0.455. The Balaban J connectivity index is 2.13. The maximum absolute atomic E-state index is 12.1. The van der Waals surface area contributed by atoms with E-state index in [4.69, 9.17) is 5.11 Å². The van der Waals surface area contributed by atoms with Crippen molar-refractivity contribution in [3.05, 3.63) is 22.0 Å². The maximum Gasteiger partial charge on any atom is 0.273 e. The van der Waals surface area contributed by atoms with Crippen molar-refractivity contribution in [2.75, 3.05) is 4.72 Å². The summed E-state index contributed by atoms with van der Waals surface area (Å²) in [6.45, 7) is 3.96. The first-order valence-corrected chi connectivity index (χ1v) is 9.07. The Morgan fingerprint density at radius 1 is 1.30 bits per heavy atom. The number of aliphatic hydroxyl groups is 1. The van der Waals surface area contributed by atoms with Gasteiger partial charge in [-0.15, -0.1) is 21.5 Å². The summed E-state index contributed by atoms with van der Waals surface area (Å²) in [7, 11) is -3.65. The summed E-state index contributed by atoms with van der Waals surface area (Å²) in [4.78, 5) is 0.600. The number of aromatic nitrogens is 2. The van der Waals surface area contributed by atoms with Crippen LogP contribution in [-0.2, 0) is 23.1 Å². The van der Waals surface area contributed by atoms with Gasteiger partial charge in [-0.2, -0.15) is 0 Å². The second-order valence-corrected chi connectivity index (χ2v) is 8.72. The van der Waals surface area contributed by atoms with Crippen molar-refractivity contribution < 1.29 is 13.5 Å². The lowest BCUT2D eigenvalue weighted by molar-refractivity contribution is 0.285. The van der Waals surface area contributed by atoms with Gasteiger partial charge in [0.05, 0.1) is 6.61 Å². The van der Waals surface area contributed by atoms with Crippen molar-refractivity contribution in [3.8, 4) is 0 Å². The van der Waals surface area contributed by atoms with Crippen molar-refractivity contribution in [2.24, 2.45) is 5.92 Å². The average molecular weight is 333 g/mol. The molecule has 0 aliphatic rings. The van der Waals surface area contributed by atoms with Gasteiger partial charge in [-0.05, 0) is 18.1 Å². The van der Waals surface area contributed by atoms with E-state index >= 15 is 0 Å². The molecule has 2 N–H and O–H groups in total. The van der Waals surface area contributed by atoms with Crippen LogP contribution >= 0.6 is 22.7 Å². The topological polar surface area (TPSA) is 92.2 Å². The molecule has 0 aliphatic carbocycles. The maximum atomic E-state index is 12.1. The number of hydrogen-bond acceptors (Lipinski definition) is 7. The molecular formula is C11H15N3O3S3. The highest BCUT2D eigenvalue weighted by atomic mass is 32.2. The van der Waals surface area contributed by atoms with Gasteiger partial charge >= 0.3 is 0 Å². The number of nitrogens with zero attached hydrogens (tertiary/aromatic N) is 2. The van der Waals surface area contributed by atoms with Crippen LogP contribution in [0.5, 0.6) is 0 Å². The van der Waals surface area contributed by atoms with Crippen LogP contribution in [0.25, 0.3) is 0 Å². The summed E-state index contributed by atoms with van der Waals surface area (Å²) in [6.07, 6.45) is 0.771. The number of thiophene rings is 1. The molecule has 2 aromatic rings. The molecule has 9 heteroatoms. The van der Waals surface area contributed by atoms with Crippen molar-refractivity contribution in [2.45, 2.75) is 31.1 Å². The zero-order valence-corrected chi connectivity index (χ0v) is 13.5. The van der Waals surface area contributed by atoms with Crippen LogP contribution in [0.3, 0.4) is 0 Å². The predicted octanol–water partition coefficient (Wildman–Crippen LogP) is 2.09. The largest absolute Gasteiger partial charge is 0.391 e. The minimum atomic E-state index is -3.65. The molecule has 0 spiro atoms. The fourth-order valence-electron chi connectivity index (χ4n) is 1.48. The highest BCUT2D eigenvalue weighted by Gasteiger charge is 2.19. The average Bonchev–Trinajstić information content (AvgIpc) is 2.97. The van der Waals surface area contributed by atoms with Crippen molar-refractivity contribution in [3.63, 3.8) is 0 Å². The Morgan fingerprint density at radius 3 is 2.65 bits per heavy atom. The monoisotopic (exact) mass is 333 g/mol. The second kappa shape index (κ2) is 6.17. The Bertz CT molecular complexity index is 676. The van der Waals surface area contributed by atoms with Gasteiger partial charge in [0.25, 0.3) is 10.0 Å². The van der Waals surface area contributed by atoms with Gasteiger partial charge in [-0.3, -0.25) is 4.72 Å². The zero-order chi connectivity index (χ0) is 14.8. The van der Waals surface area contributed by atoms with E-state index in [-0.39, 0.29) is 15.9 Å². The molecule has 110 valence electrons. The van der Waals surface area contributed by atoms with E-state index in [0.717, 1.165) is 22.8 Å². The SMILES string of the molecule is CC(C)Cc1nnc(NS(=O)(=O)c2ccc(CO)s2)s1. The molecule has 0 radical (unpaired) electrons. The number of rotatable bonds is 6. The van der Waals surface area contributed by atoms with Crippen LogP contribution in [0.4, 0.5) is 5.13 Å². The normalized spacial score (nSPS) is 12.0. The van der Waals surface area contributed by atoms with Crippen LogP contribution in [0.1, 0.15) is 23.7 Å². The van der Waals surface area contributed by atoms with E-state index in [1.807, 2.05) is 0 Å². The van der Waals surface area contributed by atoms with Gasteiger partial charge in [0.15, 0.2) is 0 Å². The van der Waals surface area contributed by atoms with Gasteiger partial charge in [0, 0.05) is 11.3 Å². The van der Waals surface area contributed by atoms with Gasteiger partial charge in [0.2, 0.25) is 5.13 Å². The fourth-order valence-corrected chi connectivity index (χ4v) is 4.88. The number of sulfonamides is 1. The van der Waals surface area contributed by atoms with E-state index < -0.39 is 10.0 Å². The number of anilines is 1. The lowest BCUT2D eigenvalue weighted by Crippen LogP contribution is -2.11. The van der Waals surface area contributed by atoms with E-state index in [1.165, 1.54) is 17.4 Å². The van der Waals surface area contributed by atoms with Gasteiger partial charge in [-0.25, -0.2) is 8.42 Å². The van der Waals surface area contributed by atoms with E-state index in [1.54, 1.807) is 6.07 Å².